The minimum absolute atomic E-state index is 0.460. The first-order chi connectivity index (χ1) is 8.16. The van der Waals surface area contributed by atoms with Crippen LogP contribution in [0.15, 0.2) is 47.1 Å². The molecular formula is C12H8BrNO2S. The molecular weight excluding hydrogens is 302 g/mol. The highest BCUT2D eigenvalue weighted by Gasteiger charge is 2.04. The summed E-state index contributed by atoms with van der Waals surface area (Å²) in [6, 6.07) is 11.7. The zero-order valence-corrected chi connectivity index (χ0v) is 11.1. The Morgan fingerprint density at radius 1 is 1.24 bits per heavy atom. The van der Waals surface area contributed by atoms with Gasteiger partial charge in [0, 0.05) is 25.9 Å². The molecule has 0 N–H and O–H groups in total. The largest absolute Gasteiger partial charge is 0.259 e. The molecule has 1 heterocycles. The lowest BCUT2D eigenvalue weighted by Crippen LogP contribution is -1.80. The van der Waals surface area contributed by atoms with Gasteiger partial charge in [0.2, 0.25) is 6.20 Å². The van der Waals surface area contributed by atoms with Crippen LogP contribution in [0.25, 0.3) is 16.5 Å². The summed E-state index contributed by atoms with van der Waals surface area (Å²) in [4.78, 5) is 11.7. The molecule has 0 saturated heterocycles. The van der Waals surface area contributed by atoms with Gasteiger partial charge in [0.05, 0.1) is 4.92 Å². The van der Waals surface area contributed by atoms with Crippen molar-refractivity contribution in [2.24, 2.45) is 0 Å². The average Bonchev–Trinajstić information content (AvgIpc) is 2.75. The number of nitrogens with zero attached hydrogens (tertiary/aromatic N) is 1. The number of thiophene rings is 1. The van der Waals surface area contributed by atoms with Crippen LogP contribution < -0.4 is 0 Å². The lowest BCUT2D eigenvalue weighted by Gasteiger charge is -1.99. The normalized spacial score (nSPS) is 10.9. The van der Waals surface area contributed by atoms with Crippen LogP contribution >= 0.6 is 27.3 Å². The first-order valence-corrected chi connectivity index (χ1v) is 6.44. The molecule has 0 aliphatic heterocycles. The summed E-state index contributed by atoms with van der Waals surface area (Å²) in [6.07, 6.45) is 2.46. The Balaban J connectivity index is 2.30. The van der Waals surface area contributed by atoms with Crippen molar-refractivity contribution < 1.29 is 4.92 Å². The summed E-state index contributed by atoms with van der Waals surface area (Å²) in [6.45, 7) is 0. The molecule has 2 rings (SSSR count). The van der Waals surface area contributed by atoms with Crippen LogP contribution in [-0.4, -0.2) is 4.92 Å². The summed E-state index contributed by atoms with van der Waals surface area (Å²) in [7, 11) is 0. The van der Waals surface area contributed by atoms with E-state index in [1.807, 2.05) is 36.4 Å². The maximum Gasteiger partial charge on any atom is 0.235 e. The molecule has 0 unspecified atom stereocenters. The summed E-state index contributed by atoms with van der Waals surface area (Å²) < 4.78 is 1.02. The fraction of sp³-hybridized carbons (Fsp3) is 0. The van der Waals surface area contributed by atoms with Crippen LogP contribution in [0.3, 0.4) is 0 Å². The fourth-order valence-electron chi connectivity index (χ4n) is 1.38. The van der Waals surface area contributed by atoms with Crippen molar-refractivity contribution in [1.82, 2.24) is 0 Å². The summed E-state index contributed by atoms with van der Waals surface area (Å²) in [5, 5.41) is 10.2. The van der Waals surface area contributed by atoms with Crippen molar-refractivity contribution in [2.45, 2.75) is 0 Å². The third-order valence-electron chi connectivity index (χ3n) is 2.13. The second-order valence-corrected chi connectivity index (χ2v) is 5.25. The lowest BCUT2D eigenvalue weighted by atomic mass is 10.2. The maximum absolute atomic E-state index is 10.2. The molecule has 0 amide bonds. The molecule has 0 bridgehead atoms. The topological polar surface area (TPSA) is 43.1 Å². The van der Waals surface area contributed by atoms with Crippen LogP contribution in [0.4, 0.5) is 0 Å². The molecule has 1 aromatic carbocycles. The number of nitro groups is 1. The van der Waals surface area contributed by atoms with E-state index in [1.54, 1.807) is 0 Å². The Labute approximate surface area is 111 Å². The van der Waals surface area contributed by atoms with Gasteiger partial charge in [-0.25, -0.2) is 0 Å². The summed E-state index contributed by atoms with van der Waals surface area (Å²) in [5.74, 6) is 0. The molecule has 0 atom stereocenters. The van der Waals surface area contributed by atoms with Crippen molar-refractivity contribution in [2.75, 3.05) is 0 Å². The highest BCUT2D eigenvalue weighted by Crippen LogP contribution is 2.33. The van der Waals surface area contributed by atoms with Gasteiger partial charge in [0.25, 0.3) is 0 Å². The van der Waals surface area contributed by atoms with Gasteiger partial charge in [-0.3, -0.25) is 10.1 Å². The van der Waals surface area contributed by atoms with E-state index < -0.39 is 4.92 Å². The van der Waals surface area contributed by atoms with Gasteiger partial charge in [-0.1, -0.05) is 34.1 Å². The van der Waals surface area contributed by atoms with Crippen LogP contribution in [0.1, 0.15) is 4.88 Å². The molecule has 3 nitrogen and oxygen atoms in total. The quantitative estimate of drug-likeness (QED) is 0.622. The first kappa shape index (κ1) is 12.0. The molecule has 0 fully saturated rings. The second kappa shape index (κ2) is 5.25. The second-order valence-electron chi connectivity index (χ2n) is 3.28. The molecule has 0 radical (unpaired) electrons. The molecule has 0 aliphatic rings. The Morgan fingerprint density at radius 3 is 2.71 bits per heavy atom. The predicted octanol–water partition coefficient (Wildman–Crippen LogP) is 4.43. The molecule has 1 aromatic heterocycles. The Bertz CT molecular complexity index is 577. The van der Waals surface area contributed by atoms with Crippen molar-refractivity contribution >= 4 is 33.3 Å². The molecule has 0 saturated carbocycles. The maximum atomic E-state index is 10.2. The van der Waals surface area contributed by atoms with E-state index >= 15 is 0 Å². The number of hydrogen-bond acceptors (Lipinski definition) is 3. The minimum atomic E-state index is -0.460. The SMILES string of the molecule is O=[N+]([O-])/C=C/c1ccc(-c2ccccc2Br)s1. The first-order valence-electron chi connectivity index (χ1n) is 4.83. The van der Waals surface area contributed by atoms with Gasteiger partial charge in [-0.15, -0.1) is 11.3 Å². The summed E-state index contributed by atoms with van der Waals surface area (Å²) >= 11 is 5.01. The lowest BCUT2D eigenvalue weighted by molar-refractivity contribution is -0.400. The van der Waals surface area contributed by atoms with Crippen LogP contribution in [0.2, 0.25) is 0 Å². The number of benzene rings is 1. The van der Waals surface area contributed by atoms with Gasteiger partial charge in [0.15, 0.2) is 0 Å². The Morgan fingerprint density at radius 2 is 2.00 bits per heavy atom. The molecule has 0 spiro atoms. The van der Waals surface area contributed by atoms with E-state index in [0.29, 0.717) is 0 Å². The fourth-order valence-corrected chi connectivity index (χ4v) is 2.96. The third-order valence-corrected chi connectivity index (χ3v) is 3.90. The zero-order chi connectivity index (χ0) is 12.3. The van der Waals surface area contributed by atoms with E-state index in [-0.39, 0.29) is 0 Å². The predicted molar refractivity (Wildman–Crippen MR) is 73.5 cm³/mol. The van der Waals surface area contributed by atoms with Gasteiger partial charge >= 0.3 is 0 Å². The molecule has 2 aromatic rings. The summed E-state index contributed by atoms with van der Waals surface area (Å²) in [5.41, 5.74) is 1.10. The van der Waals surface area contributed by atoms with Gasteiger partial charge in [-0.2, -0.15) is 0 Å². The zero-order valence-electron chi connectivity index (χ0n) is 8.67. The highest BCUT2D eigenvalue weighted by molar-refractivity contribution is 9.10. The van der Waals surface area contributed by atoms with Crippen molar-refractivity contribution in [1.29, 1.82) is 0 Å². The highest BCUT2D eigenvalue weighted by atomic mass is 79.9. The molecule has 0 aliphatic carbocycles. The van der Waals surface area contributed by atoms with E-state index in [9.17, 15) is 10.1 Å². The standard InChI is InChI=1S/C12H8BrNO2S/c13-11-4-2-1-3-10(11)12-6-5-9(17-12)7-8-14(15)16/h1-8H/b8-7+. The van der Waals surface area contributed by atoms with Crippen LogP contribution in [-0.2, 0) is 0 Å². The van der Waals surface area contributed by atoms with Gasteiger partial charge < -0.3 is 0 Å². The third kappa shape index (κ3) is 3.01. The van der Waals surface area contributed by atoms with E-state index in [4.69, 9.17) is 0 Å². The molecule has 86 valence electrons. The van der Waals surface area contributed by atoms with Crippen molar-refractivity contribution in [3.63, 3.8) is 0 Å². The average molecular weight is 310 g/mol. The monoisotopic (exact) mass is 309 g/mol. The van der Waals surface area contributed by atoms with E-state index in [1.165, 1.54) is 17.4 Å². The number of hydrogen-bond donors (Lipinski definition) is 0. The molecule has 5 heteroatoms. The Kier molecular flexibility index (Phi) is 3.71. The van der Waals surface area contributed by atoms with Gasteiger partial charge in [0.1, 0.15) is 0 Å². The van der Waals surface area contributed by atoms with Gasteiger partial charge in [-0.05, 0) is 18.2 Å². The Hall–Kier alpha value is -1.46. The minimum Gasteiger partial charge on any atom is -0.259 e. The van der Waals surface area contributed by atoms with Crippen molar-refractivity contribution in [3.8, 4) is 10.4 Å². The number of rotatable bonds is 3. The van der Waals surface area contributed by atoms with Crippen molar-refractivity contribution in [3.05, 3.63) is 62.1 Å². The number of halogens is 1. The van der Waals surface area contributed by atoms with E-state index in [0.717, 1.165) is 26.0 Å². The van der Waals surface area contributed by atoms with Crippen LogP contribution in [0, 0.1) is 10.1 Å². The van der Waals surface area contributed by atoms with Crippen LogP contribution in [0.5, 0.6) is 0 Å². The van der Waals surface area contributed by atoms with E-state index in [2.05, 4.69) is 15.9 Å². The molecule has 17 heavy (non-hydrogen) atoms. The smallest absolute Gasteiger partial charge is 0.235 e.